The van der Waals surface area contributed by atoms with Crippen molar-refractivity contribution in [2.75, 3.05) is 29.1 Å². The van der Waals surface area contributed by atoms with Gasteiger partial charge in [-0.1, -0.05) is 23.4 Å². The number of amides is 1. The Labute approximate surface area is 181 Å². The molecule has 0 radical (unpaired) electrons. The van der Waals surface area contributed by atoms with Gasteiger partial charge in [-0.3, -0.25) is 9.36 Å². The molecule has 1 saturated heterocycles. The molecule has 2 aromatic rings. The summed E-state index contributed by atoms with van der Waals surface area (Å²) < 4.78 is 40.8. The van der Waals surface area contributed by atoms with E-state index in [1.54, 1.807) is 0 Å². The molecule has 4 rings (SSSR count). The van der Waals surface area contributed by atoms with Crippen LogP contribution >= 0.6 is 23.4 Å². The monoisotopic (exact) mass is 459 g/mol. The summed E-state index contributed by atoms with van der Waals surface area (Å²) in [4.78, 5) is 14.6. The van der Waals surface area contributed by atoms with Crippen molar-refractivity contribution < 1.29 is 18.0 Å². The lowest BCUT2D eigenvalue weighted by Gasteiger charge is -2.27. The van der Waals surface area contributed by atoms with E-state index in [2.05, 4.69) is 25.0 Å². The summed E-state index contributed by atoms with van der Waals surface area (Å²) >= 11 is 7.18. The fourth-order valence-corrected chi connectivity index (χ4v) is 4.41. The predicted molar refractivity (Wildman–Crippen MR) is 110 cm³/mol. The summed E-state index contributed by atoms with van der Waals surface area (Å²) in [6.45, 7) is 1.90. The molecule has 2 fully saturated rings. The first-order valence-corrected chi connectivity index (χ1v) is 11.2. The molecule has 1 saturated carbocycles. The lowest BCUT2D eigenvalue weighted by atomic mass is 10.1. The van der Waals surface area contributed by atoms with Crippen LogP contribution in [-0.2, 0) is 11.0 Å². The summed E-state index contributed by atoms with van der Waals surface area (Å²) in [5.41, 5.74) is -0.927. The van der Waals surface area contributed by atoms with Crippen LogP contribution in [-0.4, -0.2) is 39.5 Å². The highest BCUT2D eigenvalue weighted by atomic mass is 35.5. The molecule has 2 aliphatic rings. The van der Waals surface area contributed by atoms with E-state index < -0.39 is 17.6 Å². The first-order valence-electron chi connectivity index (χ1n) is 9.82. The third kappa shape index (κ3) is 4.85. The van der Waals surface area contributed by atoms with Crippen LogP contribution in [0.3, 0.4) is 0 Å². The first-order chi connectivity index (χ1) is 14.3. The van der Waals surface area contributed by atoms with E-state index >= 15 is 0 Å². The summed E-state index contributed by atoms with van der Waals surface area (Å²) in [6, 6.07) is 3.20. The highest BCUT2D eigenvalue weighted by Gasteiger charge is 2.33. The Bertz CT molecular complexity index is 925. The second kappa shape index (κ2) is 8.66. The van der Waals surface area contributed by atoms with Crippen LogP contribution in [0.25, 0.3) is 0 Å². The predicted octanol–water partition coefficient (Wildman–Crippen LogP) is 5.01. The van der Waals surface area contributed by atoms with Gasteiger partial charge < -0.3 is 10.2 Å². The van der Waals surface area contributed by atoms with Crippen molar-refractivity contribution in [1.29, 1.82) is 0 Å². The van der Waals surface area contributed by atoms with Crippen molar-refractivity contribution in [2.24, 2.45) is 0 Å². The smallest absolute Gasteiger partial charge is 0.341 e. The molecular weight excluding hydrogens is 439 g/mol. The molecule has 1 aliphatic heterocycles. The summed E-state index contributed by atoms with van der Waals surface area (Å²) in [5, 5.41) is 11.8. The molecule has 1 N–H and O–H groups in total. The van der Waals surface area contributed by atoms with E-state index in [4.69, 9.17) is 11.6 Å². The van der Waals surface area contributed by atoms with Gasteiger partial charge in [0.2, 0.25) is 11.9 Å². The Morgan fingerprint density at radius 3 is 2.60 bits per heavy atom. The standard InChI is InChI=1S/C19H21ClF3N5OS/c20-14-7-4-12(19(21,22)23)10-15(14)24-16(29)11-30-18-26-25-17(28(18)13-5-6-13)27-8-2-1-3-9-27/h4,7,10,13H,1-3,5-6,8-9,11H2,(H,24,29). The van der Waals surface area contributed by atoms with E-state index in [9.17, 15) is 18.0 Å². The largest absolute Gasteiger partial charge is 0.416 e. The number of anilines is 2. The van der Waals surface area contributed by atoms with Crippen molar-refractivity contribution in [3.63, 3.8) is 0 Å². The SMILES string of the molecule is O=C(CSc1nnc(N2CCCCC2)n1C1CC1)Nc1cc(C(F)(F)F)ccc1Cl. The van der Waals surface area contributed by atoms with Crippen LogP contribution in [0.1, 0.15) is 43.7 Å². The zero-order valence-electron chi connectivity index (χ0n) is 16.1. The van der Waals surface area contributed by atoms with Crippen LogP contribution in [0.4, 0.5) is 24.8 Å². The van der Waals surface area contributed by atoms with Gasteiger partial charge in [-0.25, -0.2) is 0 Å². The molecule has 162 valence electrons. The number of halogens is 4. The highest BCUT2D eigenvalue weighted by Crippen LogP contribution is 2.41. The van der Waals surface area contributed by atoms with E-state index in [1.807, 2.05) is 0 Å². The summed E-state index contributed by atoms with van der Waals surface area (Å²) in [7, 11) is 0. The maximum absolute atomic E-state index is 12.9. The number of hydrogen-bond acceptors (Lipinski definition) is 5. The fourth-order valence-electron chi connectivity index (χ4n) is 3.44. The van der Waals surface area contributed by atoms with Crippen molar-refractivity contribution in [2.45, 2.75) is 49.5 Å². The quantitative estimate of drug-likeness (QED) is 0.615. The number of nitrogens with zero attached hydrogens (tertiary/aromatic N) is 4. The average Bonchev–Trinajstić information content (AvgIpc) is 3.46. The Kier molecular flexibility index (Phi) is 6.15. The van der Waals surface area contributed by atoms with Crippen molar-refractivity contribution >= 4 is 40.9 Å². The number of piperidine rings is 1. The third-order valence-corrected chi connectivity index (χ3v) is 6.37. The molecule has 1 aromatic carbocycles. The Hall–Kier alpha value is -1.94. The molecule has 11 heteroatoms. The number of nitrogens with one attached hydrogen (secondary N) is 1. The molecule has 1 aliphatic carbocycles. The number of thioether (sulfide) groups is 1. The lowest BCUT2D eigenvalue weighted by molar-refractivity contribution is -0.137. The van der Waals surface area contributed by atoms with Gasteiger partial charge in [0.05, 0.1) is 22.0 Å². The maximum atomic E-state index is 12.9. The maximum Gasteiger partial charge on any atom is 0.416 e. The number of alkyl halides is 3. The van der Waals surface area contributed by atoms with E-state index in [0.29, 0.717) is 11.2 Å². The average molecular weight is 460 g/mol. The number of rotatable bonds is 6. The van der Waals surface area contributed by atoms with Gasteiger partial charge in [0.1, 0.15) is 0 Å². The molecular formula is C19H21ClF3N5OS. The molecule has 0 unspecified atom stereocenters. The van der Waals surface area contributed by atoms with Crippen molar-refractivity contribution in [3.8, 4) is 0 Å². The van der Waals surface area contributed by atoms with Gasteiger partial charge in [0.15, 0.2) is 5.16 Å². The van der Waals surface area contributed by atoms with Gasteiger partial charge in [-0.15, -0.1) is 10.2 Å². The minimum Gasteiger partial charge on any atom is -0.341 e. The molecule has 1 aromatic heterocycles. The summed E-state index contributed by atoms with van der Waals surface area (Å²) in [5.74, 6) is 0.393. The Morgan fingerprint density at radius 2 is 1.93 bits per heavy atom. The normalized spacial score (nSPS) is 17.3. The van der Waals surface area contributed by atoms with Gasteiger partial charge in [-0.05, 0) is 50.3 Å². The van der Waals surface area contributed by atoms with Crippen molar-refractivity contribution in [1.82, 2.24) is 14.8 Å². The first kappa shape index (κ1) is 21.3. The van der Waals surface area contributed by atoms with Gasteiger partial charge >= 0.3 is 6.18 Å². The van der Waals surface area contributed by atoms with Crippen LogP contribution in [0, 0.1) is 0 Å². The van der Waals surface area contributed by atoms with E-state index in [1.165, 1.54) is 18.2 Å². The number of hydrogen-bond donors (Lipinski definition) is 1. The molecule has 0 bridgehead atoms. The molecule has 30 heavy (non-hydrogen) atoms. The second-order valence-electron chi connectivity index (χ2n) is 7.46. The topological polar surface area (TPSA) is 63.1 Å². The fraction of sp³-hybridized carbons (Fsp3) is 0.526. The Morgan fingerprint density at radius 1 is 1.20 bits per heavy atom. The number of carbonyl (C=O) groups is 1. The minimum absolute atomic E-state index is 0.00255. The molecule has 0 spiro atoms. The summed E-state index contributed by atoms with van der Waals surface area (Å²) in [6.07, 6.45) is 1.07. The Balaban J connectivity index is 1.43. The zero-order valence-corrected chi connectivity index (χ0v) is 17.7. The molecule has 6 nitrogen and oxygen atoms in total. The van der Waals surface area contributed by atoms with Gasteiger partial charge in [-0.2, -0.15) is 13.2 Å². The zero-order chi connectivity index (χ0) is 21.3. The van der Waals surface area contributed by atoms with Crippen LogP contribution in [0.2, 0.25) is 5.02 Å². The van der Waals surface area contributed by atoms with Crippen LogP contribution in [0.15, 0.2) is 23.4 Å². The lowest BCUT2D eigenvalue weighted by Crippen LogP contribution is -2.32. The molecule has 2 heterocycles. The van der Waals surface area contributed by atoms with Crippen LogP contribution in [0.5, 0.6) is 0 Å². The molecule has 1 amide bonds. The van der Waals surface area contributed by atoms with Gasteiger partial charge in [0.25, 0.3) is 0 Å². The number of benzene rings is 1. The second-order valence-corrected chi connectivity index (χ2v) is 8.81. The van der Waals surface area contributed by atoms with Gasteiger partial charge in [0, 0.05) is 19.1 Å². The van der Waals surface area contributed by atoms with Crippen LogP contribution < -0.4 is 10.2 Å². The highest BCUT2D eigenvalue weighted by molar-refractivity contribution is 7.99. The van der Waals surface area contributed by atoms with E-state index in [-0.39, 0.29) is 16.5 Å². The third-order valence-electron chi connectivity index (χ3n) is 5.10. The minimum atomic E-state index is -4.51. The van der Waals surface area contributed by atoms with Crippen molar-refractivity contribution in [3.05, 3.63) is 28.8 Å². The number of carbonyl (C=O) groups excluding carboxylic acids is 1. The molecule has 0 atom stereocenters. The number of aromatic nitrogens is 3. The van der Waals surface area contributed by atoms with E-state index in [0.717, 1.165) is 62.9 Å².